The molecule has 1 aromatic carbocycles. The van der Waals surface area contributed by atoms with Crippen LogP contribution in [0.15, 0.2) is 12.1 Å². The van der Waals surface area contributed by atoms with E-state index in [2.05, 4.69) is 5.10 Å². The molecular weight excluding hydrogens is 284 g/mol. The number of carboxylic acid groups (broad SMARTS) is 1. The fourth-order valence-electron chi connectivity index (χ4n) is 2.20. The Morgan fingerprint density at radius 2 is 2.20 bits per heavy atom. The van der Waals surface area contributed by atoms with Crippen LogP contribution in [0.4, 0.5) is 0 Å². The second-order valence-electron chi connectivity index (χ2n) is 4.44. The highest BCUT2D eigenvalue weighted by Gasteiger charge is 2.23. The van der Waals surface area contributed by atoms with Gasteiger partial charge in [-0.1, -0.05) is 11.6 Å². The average molecular weight is 295 g/mol. The van der Waals surface area contributed by atoms with E-state index in [-0.39, 0.29) is 12.5 Å². The number of carboxylic acids is 1. The second kappa shape index (κ2) is 4.42. The molecule has 104 valence electrons. The van der Waals surface area contributed by atoms with Gasteiger partial charge < -0.3 is 14.6 Å². The molecule has 1 aromatic heterocycles. The van der Waals surface area contributed by atoms with E-state index in [0.717, 1.165) is 5.56 Å². The van der Waals surface area contributed by atoms with E-state index in [1.54, 1.807) is 13.1 Å². The molecule has 0 radical (unpaired) electrons. The molecule has 0 saturated heterocycles. The maximum atomic E-state index is 11.0. The van der Waals surface area contributed by atoms with Crippen molar-refractivity contribution in [2.45, 2.75) is 6.92 Å². The third-order valence-corrected chi connectivity index (χ3v) is 3.69. The van der Waals surface area contributed by atoms with Crippen molar-refractivity contribution in [3.8, 4) is 22.8 Å². The number of aromatic carboxylic acids is 1. The first kappa shape index (κ1) is 12.8. The number of aromatic nitrogens is 2. The molecule has 0 atom stereocenters. The number of hydrogen-bond donors (Lipinski definition) is 1. The number of nitrogens with zero attached hydrogens (tertiary/aromatic N) is 2. The summed E-state index contributed by atoms with van der Waals surface area (Å²) in [4.78, 5) is 11.0. The molecule has 2 heterocycles. The van der Waals surface area contributed by atoms with Crippen LogP contribution in [0.3, 0.4) is 0 Å². The number of ether oxygens (including phenoxy) is 2. The van der Waals surface area contributed by atoms with E-state index in [9.17, 15) is 4.79 Å². The molecule has 6 nitrogen and oxygen atoms in total. The van der Waals surface area contributed by atoms with Crippen molar-refractivity contribution >= 4 is 17.6 Å². The fourth-order valence-corrected chi connectivity index (χ4v) is 2.43. The largest absolute Gasteiger partial charge is 0.476 e. The van der Waals surface area contributed by atoms with E-state index in [1.165, 1.54) is 10.7 Å². The normalized spacial score (nSPS) is 12.8. The summed E-state index contributed by atoms with van der Waals surface area (Å²) in [5.41, 5.74) is 1.99. The van der Waals surface area contributed by atoms with Gasteiger partial charge in [0.2, 0.25) is 6.79 Å². The van der Waals surface area contributed by atoms with E-state index < -0.39 is 5.97 Å². The van der Waals surface area contributed by atoms with Crippen LogP contribution in [0.5, 0.6) is 11.5 Å². The minimum atomic E-state index is -1.08. The zero-order valence-electron chi connectivity index (χ0n) is 10.8. The molecular formula is C13H11ClN2O4. The fraction of sp³-hybridized carbons (Fsp3) is 0.231. The van der Waals surface area contributed by atoms with Crippen LogP contribution in [0.1, 0.15) is 16.1 Å². The summed E-state index contributed by atoms with van der Waals surface area (Å²) in [5.74, 6) is 0.139. The molecule has 0 aliphatic carbocycles. The highest BCUT2D eigenvalue weighted by atomic mass is 35.5. The van der Waals surface area contributed by atoms with E-state index in [1.807, 2.05) is 6.92 Å². The van der Waals surface area contributed by atoms with Gasteiger partial charge in [-0.3, -0.25) is 4.68 Å². The summed E-state index contributed by atoms with van der Waals surface area (Å²) in [5, 5.41) is 13.4. The zero-order valence-corrected chi connectivity index (χ0v) is 11.6. The number of rotatable bonds is 2. The Balaban J connectivity index is 2.20. The Bertz CT molecular complexity index is 724. The Morgan fingerprint density at radius 1 is 1.45 bits per heavy atom. The quantitative estimate of drug-likeness (QED) is 0.921. The van der Waals surface area contributed by atoms with Gasteiger partial charge in [0, 0.05) is 18.2 Å². The molecule has 0 unspecified atom stereocenters. The molecule has 0 saturated carbocycles. The molecule has 1 N–H and O–H groups in total. The van der Waals surface area contributed by atoms with E-state index >= 15 is 0 Å². The molecule has 2 aromatic rings. The van der Waals surface area contributed by atoms with Gasteiger partial charge in [0.1, 0.15) is 0 Å². The first-order valence-corrected chi connectivity index (χ1v) is 6.23. The van der Waals surface area contributed by atoms with Gasteiger partial charge in [-0.25, -0.2) is 4.79 Å². The standard InChI is InChI=1S/C13H11ClN2O4/c1-6-11(14)7(3-10-12(6)20-5-19-10)9-4-8(13(17)18)15-16(9)2/h3-4H,5H2,1-2H3,(H,17,18). The second-order valence-corrected chi connectivity index (χ2v) is 4.82. The van der Waals surface area contributed by atoms with Gasteiger partial charge in [0.05, 0.1) is 10.7 Å². The summed E-state index contributed by atoms with van der Waals surface area (Å²) in [6.07, 6.45) is 0. The lowest BCUT2D eigenvalue weighted by Crippen LogP contribution is -1.99. The van der Waals surface area contributed by atoms with Gasteiger partial charge in [-0.2, -0.15) is 5.10 Å². The zero-order chi connectivity index (χ0) is 14.4. The monoisotopic (exact) mass is 294 g/mol. The predicted molar refractivity (Wildman–Crippen MR) is 71.5 cm³/mol. The lowest BCUT2D eigenvalue weighted by Gasteiger charge is -2.10. The molecule has 0 amide bonds. The van der Waals surface area contributed by atoms with Gasteiger partial charge in [-0.05, 0) is 19.1 Å². The summed E-state index contributed by atoms with van der Waals surface area (Å²) in [6, 6.07) is 3.21. The van der Waals surface area contributed by atoms with Crippen molar-refractivity contribution in [3.63, 3.8) is 0 Å². The predicted octanol–water partition coefficient (Wildman–Crippen LogP) is 2.48. The van der Waals surface area contributed by atoms with Gasteiger partial charge in [0.15, 0.2) is 17.2 Å². The first-order valence-electron chi connectivity index (χ1n) is 5.85. The molecule has 20 heavy (non-hydrogen) atoms. The molecule has 1 aliphatic heterocycles. The number of aryl methyl sites for hydroxylation is 1. The maximum absolute atomic E-state index is 11.0. The SMILES string of the molecule is Cc1c(Cl)c(-c2cc(C(=O)O)nn2C)cc2c1OCO2. The van der Waals surface area contributed by atoms with Gasteiger partial charge in [-0.15, -0.1) is 0 Å². The summed E-state index contributed by atoms with van der Waals surface area (Å²) < 4.78 is 12.2. The Hall–Kier alpha value is -2.21. The number of fused-ring (bicyclic) bond motifs is 1. The molecule has 7 heteroatoms. The van der Waals surface area contributed by atoms with Crippen LogP contribution < -0.4 is 9.47 Å². The van der Waals surface area contributed by atoms with Crippen LogP contribution in [-0.4, -0.2) is 27.6 Å². The molecule has 0 spiro atoms. The third-order valence-electron chi connectivity index (χ3n) is 3.20. The molecule has 0 bridgehead atoms. The van der Waals surface area contributed by atoms with Crippen LogP contribution in [0.2, 0.25) is 5.02 Å². The minimum absolute atomic E-state index is 0.0334. The topological polar surface area (TPSA) is 73.6 Å². The van der Waals surface area contributed by atoms with Crippen molar-refractivity contribution in [2.24, 2.45) is 7.05 Å². The van der Waals surface area contributed by atoms with Crippen molar-refractivity contribution in [2.75, 3.05) is 6.79 Å². The Labute approximate surface area is 119 Å². The number of benzene rings is 1. The summed E-state index contributed by atoms with van der Waals surface area (Å²) in [6.45, 7) is 1.98. The summed E-state index contributed by atoms with van der Waals surface area (Å²) in [7, 11) is 1.66. The van der Waals surface area contributed by atoms with Crippen molar-refractivity contribution in [3.05, 3.63) is 28.4 Å². The smallest absolute Gasteiger partial charge is 0.356 e. The molecule has 3 rings (SSSR count). The number of carbonyl (C=O) groups is 1. The van der Waals surface area contributed by atoms with Crippen LogP contribution in [0, 0.1) is 6.92 Å². The minimum Gasteiger partial charge on any atom is -0.476 e. The van der Waals surface area contributed by atoms with E-state index in [0.29, 0.717) is 27.8 Å². The Morgan fingerprint density at radius 3 is 2.85 bits per heavy atom. The summed E-state index contributed by atoms with van der Waals surface area (Å²) >= 11 is 6.35. The van der Waals surface area contributed by atoms with Crippen LogP contribution in [-0.2, 0) is 7.05 Å². The highest BCUT2D eigenvalue weighted by Crippen LogP contribution is 2.44. The first-order chi connectivity index (χ1) is 9.49. The lowest BCUT2D eigenvalue weighted by molar-refractivity contribution is 0.0689. The molecule has 0 fully saturated rings. The highest BCUT2D eigenvalue weighted by molar-refractivity contribution is 6.34. The number of hydrogen-bond acceptors (Lipinski definition) is 4. The lowest BCUT2D eigenvalue weighted by atomic mass is 10.1. The van der Waals surface area contributed by atoms with Crippen LogP contribution in [0.25, 0.3) is 11.3 Å². The average Bonchev–Trinajstić information content (AvgIpc) is 3.00. The van der Waals surface area contributed by atoms with Crippen molar-refractivity contribution < 1.29 is 19.4 Å². The van der Waals surface area contributed by atoms with Crippen molar-refractivity contribution in [1.82, 2.24) is 9.78 Å². The van der Waals surface area contributed by atoms with Crippen LogP contribution >= 0.6 is 11.6 Å². The number of halogens is 1. The molecule has 1 aliphatic rings. The Kier molecular flexibility index (Phi) is 2.83. The van der Waals surface area contributed by atoms with Gasteiger partial charge in [0.25, 0.3) is 0 Å². The van der Waals surface area contributed by atoms with Crippen molar-refractivity contribution in [1.29, 1.82) is 0 Å². The maximum Gasteiger partial charge on any atom is 0.356 e. The van der Waals surface area contributed by atoms with E-state index in [4.69, 9.17) is 26.2 Å². The van der Waals surface area contributed by atoms with Gasteiger partial charge >= 0.3 is 5.97 Å². The third kappa shape index (κ3) is 1.80.